The molecular weight excluding hydrogens is 364 g/mol. The Balaban J connectivity index is 1.79. The minimum atomic E-state index is -0.204. The molecule has 1 fully saturated rings. The van der Waals surface area contributed by atoms with Gasteiger partial charge in [-0.2, -0.15) is 4.98 Å². The zero-order valence-electron chi connectivity index (χ0n) is 15.7. The molecule has 3 rings (SSSR count). The highest BCUT2D eigenvalue weighted by Gasteiger charge is 2.22. The van der Waals surface area contributed by atoms with Gasteiger partial charge >= 0.3 is 0 Å². The molecule has 2 aromatic rings. The Morgan fingerprint density at radius 2 is 2.04 bits per heavy atom. The molecule has 1 amide bonds. The first-order chi connectivity index (χ1) is 13.0. The number of hydrogen-bond donors (Lipinski definition) is 2. The van der Waals surface area contributed by atoms with Crippen molar-refractivity contribution in [2.75, 3.05) is 16.8 Å². The number of amides is 1. The highest BCUT2D eigenvalue weighted by molar-refractivity contribution is 6.32. The molecule has 0 radical (unpaired) electrons. The largest absolute Gasteiger partial charge is 0.393 e. The van der Waals surface area contributed by atoms with Crippen LogP contribution in [0.2, 0.25) is 5.02 Å². The number of rotatable bonds is 5. The molecule has 0 spiro atoms. The Morgan fingerprint density at radius 3 is 2.74 bits per heavy atom. The van der Waals surface area contributed by atoms with Crippen LogP contribution in [0.3, 0.4) is 0 Å². The zero-order valence-corrected chi connectivity index (χ0v) is 16.4. The van der Waals surface area contributed by atoms with Gasteiger partial charge in [0.2, 0.25) is 5.95 Å². The van der Waals surface area contributed by atoms with Gasteiger partial charge in [-0.15, -0.1) is 0 Å². The van der Waals surface area contributed by atoms with Crippen molar-refractivity contribution in [2.45, 2.75) is 51.7 Å². The topological polar surface area (TPSA) is 78.4 Å². The molecule has 6 nitrogen and oxygen atoms in total. The molecule has 0 saturated heterocycles. The van der Waals surface area contributed by atoms with Crippen molar-refractivity contribution < 1.29 is 9.90 Å². The monoisotopic (exact) mass is 388 g/mol. The van der Waals surface area contributed by atoms with E-state index in [1.807, 2.05) is 13.8 Å². The summed E-state index contributed by atoms with van der Waals surface area (Å²) in [7, 11) is 0. The van der Waals surface area contributed by atoms with E-state index in [0.717, 1.165) is 31.2 Å². The lowest BCUT2D eigenvalue weighted by molar-refractivity contribution is 0.0987. The summed E-state index contributed by atoms with van der Waals surface area (Å²) in [4.78, 5) is 23.5. The van der Waals surface area contributed by atoms with Gasteiger partial charge < -0.3 is 10.4 Å². The van der Waals surface area contributed by atoms with Crippen LogP contribution in [-0.4, -0.2) is 39.7 Å². The summed E-state index contributed by atoms with van der Waals surface area (Å²) in [5.74, 6) is 0.918. The summed E-state index contributed by atoms with van der Waals surface area (Å²) in [5.41, 5.74) is 1.33. The maximum absolute atomic E-state index is 13.0. The van der Waals surface area contributed by atoms with E-state index in [1.54, 1.807) is 35.4 Å². The van der Waals surface area contributed by atoms with Crippen molar-refractivity contribution in [1.82, 2.24) is 9.97 Å². The van der Waals surface area contributed by atoms with Crippen LogP contribution in [0.1, 0.15) is 48.5 Å². The molecule has 1 heterocycles. The summed E-state index contributed by atoms with van der Waals surface area (Å²) in [6, 6.07) is 7.31. The van der Waals surface area contributed by atoms with E-state index >= 15 is 0 Å². The Bertz CT molecular complexity index is 806. The lowest BCUT2D eigenvalue weighted by Gasteiger charge is -2.26. The van der Waals surface area contributed by atoms with Crippen LogP contribution in [0.5, 0.6) is 0 Å². The molecule has 0 atom stereocenters. The number of hydrogen-bond acceptors (Lipinski definition) is 5. The normalized spacial score (nSPS) is 19.6. The second-order valence-electron chi connectivity index (χ2n) is 6.85. The van der Waals surface area contributed by atoms with Crippen LogP contribution >= 0.6 is 11.6 Å². The van der Waals surface area contributed by atoms with Gasteiger partial charge in [0.15, 0.2) is 0 Å². The molecule has 1 aliphatic carbocycles. The van der Waals surface area contributed by atoms with Crippen molar-refractivity contribution in [2.24, 2.45) is 0 Å². The molecule has 1 saturated carbocycles. The second kappa shape index (κ2) is 8.67. The quantitative estimate of drug-likeness (QED) is 0.814. The number of aromatic nitrogens is 2. The van der Waals surface area contributed by atoms with Crippen molar-refractivity contribution in [3.63, 3.8) is 0 Å². The number of nitrogens with zero attached hydrogens (tertiary/aromatic N) is 3. The van der Waals surface area contributed by atoms with Gasteiger partial charge in [-0.25, -0.2) is 4.98 Å². The fraction of sp³-hybridized carbons (Fsp3) is 0.450. The minimum Gasteiger partial charge on any atom is -0.393 e. The Kier molecular flexibility index (Phi) is 6.29. The summed E-state index contributed by atoms with van der Waals surface area (Å²) < 4.78 is 0. The van der Waals surface area contributed by atoms with Gasteiger partial charge in [0.1, 0.15) is 5.82 Å². The number of halogens is 1. The smallest absolute Gasteiger partial charge is 0.259 e. The van der Waals surface area contributed by atoms with Gasteiger partial charge in [-0.3, -0.25) is 9.69 Å². The SMILES string of the molecule is CCN(C(=O)c1cccc(Cl)c1C)c1ccnc(NC2CCC(O)CC2)n1. The predicted molar refractivity (Wildman–Crippen MR) is 107 cm³/mol. The lowest BCUT2D eigenvalue weighted by Crippen LogP contribution is -2.33. The van der Waals surface area contributed by atoms with Crippen molar-refractivity contribution in [3.8, 4) is 0 Å². The van der Waals surface area contributed by atoms with Crippen molar-refractivity contribution >= 4 is 29.3 Å². The third-order valence-electron chi connectivity index (χ3n) is 5.01. The average Bonchev–Trinajstić information content (AvgIpc) is 2.67. The van der Waals surface area contributed by atoms with E-state index in [2.05, 4.69) is 15.3 Å². The lowest BCUT2D eigenvalue weighted by atomic mass is 9.93. The molecule has 1 aromatic heterocycles. The molecule has 1 aromatic carbocycles. The minimum absolute atomic E-state index is 0.136. The molecule has 0 unspecified atom stereocenters. The third kappa shape index (κ3) is 4.57. The van der Waals surface area contributed by atoms with Gasteiger partial charge in [0.05, 0.1) is 6.10 Å². The molecular formula is C20H25ClN4O2. The number of aliphatic hydroxyl groups is 1. The molecule has 2 N–H and O–H groups in total. The highest BCUT2D eigenvalue weighted by atomic mass is 35.5. The van der Waals surface area contributed by atoms with Gasteiger partial charge in [-0.1, -0.05) is 17.7 Å². The van der Waals surface area contributed by atoms with Gasteiger partial charge in [0, 0.05) is 29.4 Å². The van der Waals surface area contributed by atoms with Crippen LogP contribution < -0.4 is 10.2 Å². The van der Waals surface area contributed by atoms with E-state index in [9.17, 15) is 9.90 Å². The average molecular weight is 389 g/mol. The molecule has 0 aliphatic heterocycles. The molecule has 27 heavy (non-hydrogen) atoms. The van der Waals surface area contributed by atoms with E-state index in [4.69, 9.17) is 11.6 Å². The van der Waals surface area contributed by atoms with Gasteiger partial charge in [0.25, 0.3) is 5.91 Å². The maximum atomic E-state index is 13.0. The van der Waals surface area contributed by atoms with Crippen molar-refractivity contribution in [1.29, 1.82) is 0 Å². The Labute approximate surface area is 164 Å². The number of anilines is 2. The molecule has 1 aliphatic rings. The molecule has 144 valence electrons. The standard InChI is InChI=1S/C20H25ClN4O2/c1-3-25(19(27)16-5-4-6-17(21)13(16)2)18-11-12-22-20(24-18)23-14-7-9-15(26)10-8-14/h4-6,11-12,14-15,26H,3,7-10H2,1-2H3,(H,22,23,24). The maximum Gasteiger partial charge on any atom is 0.259 e. The Morgan fingerprint density at radius 1 is 1.30 bits per heavy atom. The van der Waals surface area contributed by atoms with Crippen LogP contribution in [0, 0.1) is 6.92 Å². The van der Waals surface area contributed by atoms with E-state index in [0.29, 0.717) is 28.9 Å². The van der Waals surface area contributed by atoms with Gasteiger partial charge in [-0.05, 0) is 63.3 Å². The summed E-state index contributed by atoms with van der Waals surface area (Å²) >= 11 is 6.17. The fourth-order valence-corrected chi connectivity index (χ4v) is 3.54. The summed E-state index contributed by atoms with van der Waals surface area (Å²) in [6.07, 6.45) is 4.78. The third-order valence-corrected chi connectivity index (χ3v) is 5.42. The summed E-state index contributed by atoms with van der Waals surface area (Å²) in [5, 5.41) is 13.5. The second-order valence-corrected chi connectivity index (χ2v) is 7.26. The van der Waals surface area contributed by atoms with Crippen LogP contribution in [0.4, 0.5) is 11.8 Å². The van der Waals surface area contributed by atoms with Crippen LogP contribution in [0.25, 0.3) is 0 Å². The number of benzene rings is 1. The summed E-state index contributed by atoms with van der Waals surface area (Å²) in [6.45, 7) is 4.24. The number of carbonyl (C=O) groups excluding carboxylic acids is 1. The first-order valence-electron chi connectivity index (χ1n) is 9.34. The first kappa shape index (κ1) is 19.6. The number of carbonyl (C=O) groups is 1. The predicted octanol–water partition coefficient (Wildman–Crippen LogP) is 3.82. The zero-order chi connectivity index (χ0) is 19.4. The van der Waals surface area contributed by atoms with E-state index < -0.39 is 0 Å². The number of aliphatic hydroxyl groups excluding tert-OH is 1. The molecule has 7 heteroatoms. The fourth-order valence-electron chi connectivity index (χ4n) is 3.37. The van der Waals surface area contributed by atoms with E-state index in [-0.39, 0.29) is 18.1 Å². The van der Waals surface area contributed by atoms with Crippen molar-refractivity contribution in [3.05, 3.63) is 46.6 Å². The Hall–Kier alpha value is -2.18. The van der Waals surface area contributed by atoms with Crippen LogP contribution in [-0.2, 0) is 0 Å². The highest BCUT2D eigenvalue weighted by Crippen LogP contribution is 2.24. The number of nitrogens with one attached hydrogen (secondary N) is 1. The molecule has 0 bridgehead atoms. The van der Waals surface area contributed by atoms with E-state index in [1.165, 1.54) is 0 Å². The first-order valence-corrected chi connectivity index (χ1v) is 9.72. The van der Waals surface area contributed by atoms with Crippen LogP contribution in [0.15, 0.2) is 30.5 Å².